The summed E-state index contributed by atoms with van der Waals surface area (Å²) in [7, 11) is 0. The van der Waals surface area contributed by atoms with Gasteiger partial charge in [0, 0.05) is 31.8 Å². The molecule has 0 saturated carbocycles. The maximum absolute atomic E-state index is 3.48. The van der Waals surface area contributed by atoms with Gasteiger partial charge in [0.05, 0.1) is 0 Å². The summed E-state index contributed by atoms with van der Waals surface area (Å²) in [5.74, 6) is 3.48. The van der Waals surface area contributed by atoms with Gasteiger partial charge in [-0.2, -0.15) is 4.58 Å². The van der Waals surface area contributed by atoms with E-state index in [1.807, 2.05) is 0 Å². The van der Waals surface area contributed by atoms with Crippen molar-refractivity contribution in [3.63, 3.8) is 0 Å². The Morgan fingerprint density at radius 2 is 1.11 bits per heavy atom. The first-order valence-corrected chi connectivity index (χ1v) is 17.0. The molecule has 4 bridgehead atoms. The van der Waals surface area contributed by atoms with Gasteiger partial charge in [-0.05, 0) is 55.7 Å². The zero-order valence-corrected chi connectivity index (χ0v) is 25.1. The molecule has 3 rings (SSSR count). The van der Waals surface area contributed by atoms with E-state index in [1.165, 1.54) is 167 Å². The molecule has 0 aromatic carbocycles. The van der Waals surface area contributed by atoms with Crippen molar-refractivity contribution < 1.29 is 4.58 Å². The fourth-order valence-corrected chi connectivity index (χ4v) is 6.36. The summed E-state index contributed by atoms with van der Waals surface area (Å²) in [5, 5.41) is 0. The second kappa shape index (κ2) is 21.3. The van der Waals surface area contributed by atoms with Crippen LogP contribution < -0.4 is 0 Å². The summed E-state index contributed by atoms with van der Waals surface area (Å²) in [6.45, 7) is 4.69. The third-order valence-electron chi connectivity index (χ3n) is 8.83. The highest BCUT2D eigenvalue weighted by molar-refractivity contribution is 5.51. The van der Waals surface area contributed by atoms with Crippen LogP contribution in [0.3, 0.4) is 0 Å². The minimum atomic E-state index is 1.12. The topological polar surface area (TPSA) is 6.25 Å². The molecule has 0 spiro atoms. The maximum Gasteiger partial charge on any atom is 0.174 e. The Balaban J connectivity index is 1.31. The number of hydrogen-bond acceptors (Lipinski definition) is 1. The molecule has 0 aromatic rings. The van der Waals surface area contributed by atoms with E-state index in [1.54, 1.807) is 11.1 Å². The fraction of sp³-hybridized carbons (Fsp3) is 0.778. The summed E-state index contributed by atoms with van der Waals surface area (Å²) < 4.78 is 2.44. The highest BCUT2D eigenvalue weighted by Crippen LogP contribution is 2.19. The number of rotatable bonds is 0. The SMILES string of the molecule is C1=CC=C2CCCCCCCCCCCCCCN3C=C(C=CC3)CCCCCCCCCCCC[N+]=1C2. The molecule has 0 saturated heterocycles. The first kappa shape index (κ1) is 31.0. The van der Waals surface area contributed by atoms with Gasteiger partial charge in [-0.25, -0.2) is 0 Å². The van der Waals surface area contributed by atoms with Crippen molar-refractivity contribution >= 4 is 5.87 Å². The molecule has 0 atom stereocenters. The van der Waals surface area contributed by atoms with E-state index in [-0.39, 0.29) is 0 Å². The summed E-state index contributed by atoms with van der Waals surface area (Å²) >= 11 is 0. The lowest BCUT2D eigenvalue weighted by molar-refractivity contribution is -0.514. The van der Waals surface area contributed by atoms with Crippen LogP contribution in [0.4, 0.5) is 0 Å². The van der Waals surface area contributed by atoms with E-state index in [2.05, 4.69) is 45.8 Å². The number of hydrogen-bond donors (Lipinski definition) is 0. The van der Waals surface area contributed by atoms with Gasteiger partial charge in [-0.15, -0.1) is 0 Å². The summed E-state index contributed by atoms with van der Waals surface area (Å²) in [4.78, 5) is 2.56. The average molecular weight is 522 g/mol. The van der Waals surface area contributed by atoms with Crippen molar-refractivity contribution in [2.75, 3.05) is 26.2 Å². The van der Waals surface area contributed by atoms with Crippen LogP contribution >= 0.6 is 0 Å². The van der Waals surface area contributed by atoms with Crippen LogP contribution in [-0.2, 0) is 0 Å². The predicted octanol–water partition coefficient (Wildman–Crippen LogP) is 10.3. The van der Waals surface area contributed by atoms with Gasteiger partial charge in [-0.1, -0.05) is 121 Å². The first-order chi connectivity index (χ1) is 18.9. The predicted molar refractivity (Wildman–Crippen MR) is 167 cm³/mol. The molecular formula is C36H61N2+. The van der Waals surface area contributed by atoms with E-state index in [9.17, 15) is 0 Å². The lowest BCUT2D eigenvalue weighted by atomic mass is 10.0. The van der Waals surface area contributed by atoms with Crippen molar-refractivity contribution in [2.45, 2.75) is 154 Å². The number of allylic oxidation sites excluding steroid dienone is 4. The molecule has 0 fully saturated rings. The largest absolute Gasteiger partial charge is 0.373 e. The molecule has 0 N–H and O–H groups in total. The fourth-order valence-electron chi connectivity index (χ4n) is 6.36. The Morgan fingerprint density at radius 1 is 0.579 bits per heavy atom. The molecule has 0 aliphatic carbocycles. The smallest absolute Gasteiger partial charge is 0.174 e. The van der Waals surface area contributed by atoms with Gasteiger partial charge in [0.25, 0.3) is 0 Å². The van der Waals surface area contributed by atoms with Crippen LogP contribution in [0.2, 0.25) is 0 Å². The van der Waals surface area contributed by atoms with Gasteiger partial charge >= 0.3 is 0 Å². The monoisotopic (exact) mass is 521 g/mol. The van der Waals surface area contributed by atoms with Crippen LogP contribution in [0, 0.1) is 0 Å². The lowest BCUT2D eigenvalue weighted by Crippen LogP contribution is -2.21. The molecule has 0 radical (unpaired) electrons. The maximum atomic E-state index is 3.48. The van der Waals surface area contributed by atoms with E-state index in [4.69, 9.17) is 0 Å². The zero-order valence-electron chi connectivity index (χ0n) is 25.1. The molecule has 0 aromatic heterocycles. The van der Waals surface area contributed by atoms with Crippen LogP contribution in [-0.4, -0.2) is 41.5 Å². The van der Waals surface area contributed by atoms with Crippen molar-refractivity contribution in [1.82, 2.24) is 4.90 Å². The van der Waals surface area contributed by atoms with Crippen molar-refractivity contribution in [3.05, 3.63) is 41.7 Å². The quantitative estimate of drug-likeness (QED) is 0.287. The van der Waals surface area contributed by atoms with Crippen molar-refractivity contribution in [2.24, 2.45) is 0 Å². The third kappa shape index (κ3) is 15.2. The Kier molecular flexibility index (Phi) is 17.4. The van der Waals surface area contributed by atoms with E-state index >= 15 is 0 Å². The Hall–Kier alpha value is -1.53. The zero-order chi connectivity index (χ0) is 26.4. The molecule has 3 heterocycles. The molecule has 0 unspecified atom stereocenters. The molecule has 2 nitrogen and oxygen atoms in total. The van der Waals surface area contributed by atoms with Crippen molar-refractivity contribution in [3.8, 4) is 0 Å². The molecule has 38 heavy (non-hydrogen) atoms. The normalized spacial score (nSPS) is 23.8. The lowest BCUT2D eigenvalue weighted by Gasteiger charge is -2.23. The molecular weight excluding hydrogens is 460 g/mol. The molecule has 3 aliphatic rings. The number of fused-ring (bicyclic) bond motifs is 3. The summed E-state index contributed by atoms with van der Waals surface area (Å²) in [5.41, 5.74) is 3.19. The highest BCUT2D eigenvalue weighted by Gasteiger charge is 2.11. The van der Waals surface area contributed by atoms with Crippen LogP contribution in [0.25, 0.3) is 0 Å². The minimum absolute atomic E-state index is 1.12. The summed E-state index contributed by atoms with van der Waals surface area (Å²) in [6.07, 6.45) is 45.5. The second-order valence-corrected chi connectivity index (χ2v) is 12.4. The van der Waals surface area contributed by atoms with Gasteiger partial charge < -0.3 is 4.90 Å². The standard InChI is InChI=1S/C36H61N2/c1-2-5-9-13-17-21-29-37-31-24-28-36(34-37)26-20-16-12-8-4-6-10-14-18-22-30-38-32-23-27-35(33-38)25-19-15-11-7-3-1/h23-24,27-28,34H,1-22,25-26,29-31,33H2/q+1. The van der Waals surface area contributed by atoms with Gasteiger partial charge in [-0.3, -0.25) is 0 Å². The van der Waals surface area contributed by atoms with Gasteiger partial charge in [0.1, 0.15) is 0 Å². The van der Waals surface area contributed by atoms with Gasteiger partial charge in [0.2, 0.25) is 0 Å². The third-order valence-corrected chi connectivity index (χ3v) is 8.83. The molecule has 214 valence electrons. The Morgan fingerprint density at radius 3 is 1.74 bits per heavy atom. The Labute approximate surface area is 237 Å². The average Bonchev–Trinajstić information content (AvgIpc) is 2.94. The van der Waals surface area contributed by atoms with Crippen LogP contribution in [0.15, 0.2) is 41.7 Å². The van der Waals surface area contributed by atoms with Gasteiger partial charge in [0.15, 0.2) is 19.0 Å². The van der Waals surface area contributed by atoms with E-state index in [0.29, 0.717) is 0 Å². The second-order valence-electron chi connectivity index (χ2n) is 12.4. The summed E-state index contributed by atoms with van der Waals surface area (Å²) in [6, 6.07) is 0. The Bertz CT molecular complexity index is 764. The molecule has 3 aliphatic heterocycles. The van der Waals surface area contributed by atoms with Crippen molar-refractivity contribution in [1.29, 1.82) is 0 Å². The minimum Gasteiger partial charge on any atom is -0.373 e. The highest BCUT2D eigenvalue weighted by atomic mass is 15.1. The number of nitrogens with zero attached hydrogens (tertiary/aromatic N) is 2. The van der Waals surface area contributed by atoms with Crippen LogP contribution in [0.5, 0.6) is 0 Å². The molecule has 0 amide bonds. The van der Waals surface area contributed by atoms with E-state index in [0.717, 1.165) is 13.1 Å². The van der Waals surface area contributed by atoms with Crippen LogP contribution in [0.1, 0.15) is 154 Å². The van der Waals surface area contributed by atoms with E-state index < -0.39 is 0 Å². The molecule has 2 heteroatoms. The first-order valence-electron chi connectivity index (χ1n) is 17.0.